The number of nitrogens with one attached hydrogen (secondary N) is 3. The van der Waals surface area contributed by atoms with E-state index >= 15 is 0 Å². The maximum Gasteiger partial charge on any atom is 0.254 e. The number of aliphatic imine (C=N–C) groups is 1. The molecule has 1 aliphatic heterocycles. The van der Waals surface area contributed by atoms with Gasteiger partial charge >= 0.3 is 0 Å². The first kappa shape index (κ1) is 22.3. The van der Waals surface area contributed by atoms with Gasteiger partial charge in [-0.1, -0.05) is 48.9 Å². The highest BCUT2D eigenvalue weighted by molar-refractivity contribution is 5.97. The third-order valence-electron chi connectivity index (χ3n) is 5.40. The lowest BCUT2D eigenvalue weighted by Crippen LogP contribution is -2.49. The van der Waals surface area contributed by atoms with E-state index in [4.69, 9.17) is 0 Å². The molecule has 0 aliphatic carbocycles. The maximum atomic E-state index is 12.6. The zero-order valence-corrected chi connectivity index (χ0v) is 18.4. The molecule has 0 radical (unpaired) electrons. The summed E-state index contributed by atoms with van der Waals surface area (Å²) in [7, 11) is 1.75. The second-order valence-corrected chi connectivity index (χ2v) is 7.90. The number of rotatable bonds is 6. The Kier molecular flexibility index (Phi) is 7.65. The third kappa shape index (κ3) is 6.31. The van der Waals surface area contributed by atoms with Gasteiger partial charge in [0, 0.05) is 38.8 Å². The molecule has 2 aromatic carbocycles. The van der Waals surface area contributed by atoms with Gasteiger partial charge in [0.15, 0.2) is 5.96 Å². The van der Waals surface area contributed by atoms with E-state index in [2.05, 4.69) is 59.1 Å². The fourth-order valence-corrected chi connectivity index (χ4v) is 3.51. The van der Waals surface area contributed by atoms with Crippen LogP contribution in [0.25, 0.3) is 0 Å². The molecule has 1 unspecified atom stereocenters. The second kappa shape index (κ2) is 10.6. The molecule has 3 N–H and O–H groups in total. The van der Waals surface area contributed by atoms with Crippen LogP contribution < -0.4 is 16.0 Å². The lowest BCUT2D eigenvalue weighted by Gasteiger charge is -2.26. The summed E-state index contributed by atoms with van der Waals surface area (Å²) in [6, 6.07) is 16.0. The Morgan fingerprint density at radius 1 is 1.19 bits per heavy atom. The third-order valence-corrected chi connectivity index (χ3v) is 5.40. The molecule has 1 saturated heterocycles. The number of aryl methyl sites for hydroxylation is 1. The van der Waals surface area contributed by atoms with Gasteiger partial charge in [-0.05, 0) is 36.1 Å². The molecule has 164 valence electrons. The van der Waals surface area contributed by atoms with E-state index in [1.165, 1.54) is 11.1 Å². The van der Waals surface area contributed by atoms with Crippen molar-refractivity contribution >= 4 is 17.8 Å². The molecule has 0 saturated carbocycles. The fraction of sp³-hybridized carbons (Fsp3) is 0.375. The van der Waals surface area contributed by atoms with Crippen molar-refractivity contribution in [3.05, 3.63) is 70.8 Å². The summed E-state index contributed by atoms with van der Waals surface area (Å²) in [6.45, 7) is 6.82. The Hall–Kier alpha value is -3.35. The quantitative estimate of drug-likeness (QED) is 0.492. The molecular weight excluding hydrogens is 390 g/mol. The highest BCUT2D eigenvalue weighted by Crippen LogP contribution is 2.15. The summed E-state index contributed by atoms with van der Waals surface area (Å²) >= 11 is 0. The summed E-state index contributed by atoms with van der Waals surface area (Å²) in [5, 5.41) is 9.42. The summed E-state index contributed by atoms with van der Waals surface area (Å²) in [4.78, 5) is 29.9. The SMILES string of the molecule is CN=C(NCc1ccc(C(=O)N2CCNC(=O)C2)cc1)NCC(C)c1cccc(C)c1. The summed E-state index contributed by atoms with van der Waals surface area (Å²) in [5.74, 6) is 0.868. The minimum absolute atomic E-state index is 0.114. The summed E-state index contributed by atoms with van der Waals surface area (Å²) in [5.41, 5.74) is 4.20. The van der Waals surface area contributed by atoms with Crippen LogP contribution in [0, 0.1) is 6.92 Å². The number of carbonyl (C=O) groups excluding carboxylic acids is 2. The smallest absolute Gasteiger partial charge is 0.254 e. The van der Waals surface area contributed by atoms with Gasteiger partial charge in [0.25, 0.3) is 5.91 Å². The Bertz CT molecular complexity index is 939. The fourth-order valence-electron chi connectivity index (χ4n) is 3.51. The molecule has 0 aromatic heterocycles. The highest BCUT2D eigenvalue weighted by Gasteiger charge is 2.22. The predicted octanol–water partition coefficient (Wildman–Crippen LogP) is 2.04. The van der Waals surface area contributed by atoms with Gasteiger partial charge in [0.05, 0.1) is 6.54 Å². The molecule has 31 heavy (non-hydrogen) atoms. The van der Waals surface area contributed by atoms with Gasteiger partial charge in [-0.15, -0.1) is 0 Å². The van der Waals surface area contributed by atoms with Crippen LogP contribution in [0.1, 0.15) is 39.9 Å². The molecule has 7 heteroatoms. The number of benzene rings is 2. The van der Waals surface area contributed by atoms with Crippen molar-refractivity contribution in [3.8, 4) is 0 Å². The van der Waals surface area contributed by atoms with Crippen molar-refractivity contribution in [1.29, 1.82) is 0 Å². The zero-order valence-electron chi connectivity index (χ0n) is 18.4. The molecule has 1 aliphatic rings. The maximum absolute atomic E-state index is 12.6. The lowest BCUT2D eigenvalue weighted by atomic mass is 9.99. The number of carbonyl (C=O) groups is 2. The van der Waals surface area contributed by atoms with Crippen LogP contribution >= 0.6 is 0 Å². The minimum Gasteiger partial charge on any atom is -0.356 e. The van der Waals surface area contributed by atoms with Crippen molar-refractivity contribution in [2.45, 2.75) is 26.3 Å². The number of amides is 2. The normalized spacial score (nSPS) is 15.3. The van der Waals surface area contributed by atoms with Crippen LogP contribution in [0.3, 0.4) is 0 Å². The van der Waals surface area contributed by atoms with Crippen molar-refractivity contribution in [1.82, 2.24) is 20.9 Å². The molecule has 1 atom stereocenters. The predicted molar refractivity (Wildman–Crippen MR) is 123 cm³/mol. The monoisotopic (exact) mass is 421 g/mol. The molecular formula is C24H31N5O2. The van der Waals surface area contributed by atoms with Gasteiger partial charge in [-0.3, -0.25) is 14.6 Å². The first-order valence-electron chi connectivity index (χ1n) is 10.6. The topological polar surface area (TPSA) is 85.8 Å². The van der Waals surface area contributed by atoms with Gasteiger partial charge < -0.3 is 20.9 Å². The molecule has 3 rings (SSSR count). The average Bonchev–Trinajstić information content (AvgIpc) is 2.79. The molecule has 2 aromatic rings. The van der Waals surface area contributed by atoms with E-state index in [1.54, 1.807) is 11.9 Å². The molecule has 7 nitrogen and oxygen atoms in total. The van der Waals surface area contributed by atoms with E-state index in [1.807, 2.05) is 24.3 Å². The molecule has 0 spiro atoms. The second-order valence-electron chi connectivity index (χ2n) is 7.90. The summed E-state index contributed by atoms with van der Waals surface area (Å²) in [6.07, 6.45) is 0. The van der Waals surface area contributed by atoms with Gasteiger partial charge in [-0.25, -0.2) is 0 Å². The molecule has 2 amide bonds. The van der Waals surface area contributed by atoms with Crippen LogP contribution in [0.5, 0.6) is 0 Å². The molecule has 0 bridgehead atoms. The number of guanidine groups is 1. The Morgan fingerprint density at radius 3 is 2.65 bits per heavy atom. The van der Waals surface area contributed by atoms with E-state index in [-0.39, 0.29) is 18.4 Å². The number of hydrogen-bond donors (Lipinski definition) is 3. The van der Waals surface area contributed by atoms with E-state index in [0.29, 0.717) is 31.1 Å². The molecule has 1 fully saturated rings. The number of piperazine rings is 1. The lowest BCUT2D eigenvalue weighted by molar-refractivity contribution is -0.123. The van der Waals surface area contributed by atoms with E-state index < -0.39 is 0 Å². The molecule has 1 heterocycles. The van der Waals surface area contributed by atoms with E-state index in [9.17, 15) is 9.59 Å². The number of hydrogen-bond acceptors (Lipinski definition) is 3. The van der Waals surface area contributed by atoms with E-state index in [0.717, 1.165) is 18.1 Å². The van der Waals surface area contributed by atoms with Gasteiger partial charge in [0.1, 0.15) is 0 Å². The first-order chi connectivity index (χ1) is 15.0. The number of nitrogens with zero attached hydrogens (tertiary/aromatic N) is 2. The van der Waals surface area contributed by atoms with Crippen LogP contribution in [-0.4, -0.2) is 55.9 Å². The Balaban J connectivity index is 1.49. The Labute approximate surface area is 183 Å². The van der Waals surface area contributed by atoms with Crippen LogP contribution in [-0.2, 0) is 11.3 Å². The first-order valence-corrected chi connectivity index (χ1v) is 10.6. The van der Waals surface area contributed by atoms with Crippen molar-refractivity contribution in [2.75, 3.05) is 33.2 Å². The van der Waals surface area contributed by atoms with Gasteiger partial charge in [-0.2, -0.15) is 0 Å². The average molecular weight is 422 g/mol. The minimum atomic E-state index is -0.115. The summed E-state index contributed by atoms with van der Waals surface area (Å²) < 4.78 is 0. The van der Waals surface area contributed by atoms with Gasteiger partial charge in [0.2, 0.25) is 5.91 Å². The largest absolute Gasteiger partial charge is 0.356 e. The Morgan fingerprint density at radius 2 is 1.97 bits per heavy atom. The van der Waals surface area contributed by atoms with Crippen LogP contribution in [0.15, 0.2) is 53.5 Å². The van der Waals surface area contributed by atoms with Crippen molar-refractivity contribution in [2.24, 2.45) is 4.99 Å². The van der Waals surface area contributed by atoms with Crippen molar-refractivity contribution in [3.63, 3.8) is 0 Å². The highest BCUT2D eigenvalue weighted by atomic mass is 16.2. The van der Waals surface area contributed by atoms with Crippen LogP contribution in [0.2, 0.25) is 0 Å². The van der Waals surface area contributed by atoms with Crippen molar-refractivity contribution < 1.29 is 9.59 Å². The standard InChI is InChI=1S/C24H31N5O2/c1-17-5-4-6-21(13-17)18(2)14-27-24(25-3)28-15-19-7-9-20(10-8-19)23(31)29-12-11-26-22(30)16-29/h4-10,13,18H,11-12,14-16H2,1-3H3,(H,26,30)(H2,25,27,28). The van der Waals surface area contributed by atoms with Crippen LogP contribution in [0.4, 0.5) is 0 Å². The zero-order chi connectivity index (χ0) is 22.2.